The summed E-state index contributed by atoms with van der Waals surface area (Å²) in [6, 6.07) is 5.91. The van der Waals surface area contributed by atoms with Crippen LogP contribution in [0, 0.1) is 11.3 Å². The van der Waals surface area contributed by atoms with E-state index in [0.717, 1.165) is 18.5 Å². The van der Waals surface area contributed by atoms with E-state index in [2.05, 4.69) is 16.0 Å². The van der Waals surface area contributed by atoms with E-state index in [4.69, 9.17) is 5.26 Å². The first-order valence-corrected chi connectivity index (χ1v) is 4.22. The smallest absolute Gasteiger partial charge is 0.143 e. The van der Waals surface area contributed by atoms with Crippen LogP contribution in [0.2, 0.25) is 0 Å². The molecule has 1 heterocycles. The highest BCUT2D eigenvalue weighted by Crippen LogP contribution is 2.04. The van der Waals surface area contributed by atoms with Gasteiger partial charge in [0.1, 0.15) is 11.8 Å². The highest BCUT2D eigenvalue weighted by Gasteiger charge is 2.01. The van der Waals surface area contributed by atoms with E-state index in [1.807, 2.05) is 26.2 Å². The number of hydrogen-bond acceptors (Lipinski definition) is 3. The van der Waals surface area contributed by atoms with Crippen LogP contribution in [-0.2, 0) is 6.42 Å². The van der Waals surface area contributed by atoms with Gasteiger partial charge in [0, 0.05) is 12.7 Å². The maximum absolute atomic E-state index is 8.76. The second-order valence-electron chi connectivity index (χ2n) is 3.18. The molecule has 3 heteroatoms. The van der Waals surface area contributed by atoms with Crippen LogP contribution in [0.3, 0.4) is 0 Å². The summed E-state index contributed by atoms with van der Waals surface area (Å²) < 4.78 is 0. The molecule has 1 rings (SSSR count). The first kappa shape index (κ1) is 9.69. The summed E-state index contributed by atoms with van der Waals surface area (Å²) in [5.41, 5.74) is 1.57. The van der Waals surface area contributed by atoms with Crippen LogP contribution < -0.4 is 0 Å². The maximum Gasteiger partial charge on any atom is 0.143 e. The molecule has 0 aliphatic carbocycles. The number of hydrogen-bond donors (Lipinski definition) is 0. The van der Waals surface area contributed by atoms with Gasteiger partial charge in [-0.1, -0.05) is 6.07 Å². The van der Waals surface area contributed by atoms with Crippen molar-refractivity contribution in [1.29, 1.82) is 5.26 Å². The van der Waals surface area contributed by atoms with Crippen molar-refractivity contribution in [2.75, 3.05) is 20.6 Å². The second-order valence-corrected chi connectivity index (χ2v) is 3.18. The third kappa shape index (κ3) is 2.85. The maximum atomic E-state index is 8.76. The van der Waals surface area contributed by atoms with E-state index in [0.29, 0.717) is 5.69 Å². The third-order valence-electron chi connectivity index (χ3n) is 1.83. The van der Waals surface area contributed by atoms with Crippen LogP contribution in [0.1, 0.15) is 11.3 Å². The topological polar surface area (TPSA) is 39.9 Å². The van der Waals surface area contributed by atoms with Gasteiger partial charge in [0.25, 0.3) is 0 Å². The van der Waals surface area contributed by atoms with Gasteiger partial charge in [-0.15, -0.1) is 0 Å². The zero-order chi connectivity index (χ0) is 9.68. The molecule has 1 aromatic rings. The van der Waals surface area contributed by atoms with Crippen molar-refractivity contribution in [3.8, 4) is 6.07 Å². The van der Waals surface area contributed by atoms with Crippen LogP contribution in [0.25, 0.3) is 0 Å². The van der Waals surface area contributed by atoms with Crippen LogP contribution in [-0.4, -0.2) is 30.5 Å². The molecule has 0 fully saturated rings. The first-order valence-electron chi connectivity index (χ1n) is 4.22. The Kier molecular flexibility index (Phi) is 3.41. The predicted octanol–water partition coefficient (Wildman–Crippen LogP) is 1.06. The molecule has 0 radical (unpaired) electrons. The van der Waals surface area contributed by atoms with Crippen molar-refractivity contribution in [3.05, 3.63) is 29.6 Å². The first-order chi connectivity index (χ1) is 6.24. The Morgan fingerprint density at radius 3 is 2.92 bits per heavy atom. The Bertz CT molecular complexity index is 312. The van der Waals surface area contributed by atoms with Crippen LogP contribution >= 0.6 is 0 Å². The molecule has 0 aliphatic heterocycles. The zero-order valence-electron chi connectivity index (χ0n) is 7.99. The molecule has 1 aromatic heterocycles. The SMILES string of the molecule is CN(C)CCc1cccnc1C#N. The largest absolute Gasteiger partial charge is 0.309 e. The lowest BCUT2D eigenvalue weighted by atomic mass is 10.1. The van der Waals surface area contributed by atoms with Crippen molar-refractivity contribution in [1.82, 2.24) is 9.88 Å². The van der Waals surface area contributed by atoms with Crippen LogP contribution in [0.5, 0.6) is 0 Å². The Hall–Kier alpha value is -1.40. The van der Waals surface area contributed by atoms with Crippen molar-refractivity contribution in [2.24, 2.45) is 0 Å². The minimum absolute atomic E-state index is 0.546. The second kappa shape index (κ2) is 4.58. The highest BCUT2D eigenvalue weighted by atomic mass is 15.0. The molecule has 0 spiro atoms. The average Bonchev–Trinajstić information content (AvgIpc) is 2.15. The van der Waals surface area contributed by atoms with E-state index in [-0.39, 0.29) is 0 Å². The molecule has 13 heavy (non-hydrogen) atoms. The summed E-state index contributed by atoms with van der Waals surface area (Å²) in [6.07, 6.45) is 2.53. The van der Waals surface area contributed by atoms with Crippen molar-refractivity contribution in [2.45, 2.75) is 6.42 Å². The molecule has 0 aliphatic rings. The number of likely N-dealkylation sites (N-methyl/N-ethyl adjacent to an activating group) is 1. The molecule has 0 unspecified atom stereocenters. The quantitative estimate of drug-likeness (QED) is 0.689. The summed E-state index contributed by atoms with van der Waals surface area (Å²) in [6.45, 7) is 0.945. The molecular formula is C10H13N3. The lowest BCUT2D eigenvalue weighted by molar-refractivity contribution is 0.413. The Labute approximate surface area is 78.6 Å². The summed E-state index contributed by atoms with van der Waals surface area (Å²) in [5.74, 6) is 0. The van der Waals surface area contributed by atoms with Gasteiger partial charge in [0.2, 0.25) is 0 Å². The van der Waals surface area contributed by atoms with Gasteiger partial charge in [0.05, 0.1) is 0 Å². The molecule has 0 aromatic carbocycles. The van der Waals surface area contributed by atoms with E-state index in [9.17, 15) is 0 Å². The molecular weight excluding hydrogens is 162 g/mol. The number of nitrogens with zero attached hydrogens (tertiary/aromatic N) is 3. The Morgan fingerprint density at radius 2 is 2.31 bits per heavy atom. The molecule has 0 N–H and O–H groups in total. The number of nitriles is 1. The number of rotatable bonds is 3. The monoisotopic (exact) mass is 175 g/mol. The minimum Gasteiger partial charge on any atom is -0.309 e. The van der Waals surface area contributed by atoms with Gasteiger partial charge >= 0.3 is 0 Å². The van der Waals surface area contributed by atoms with Crippen molar-refractivity contribution in [3.63, 3.8) is 0 Å². The highest BCUT2D eigenvalue weighted by molar-refractivity contribution is 5.30. The van der Waals surface area contributed by atoms with Gasteiger partial charge in [-0.3, -0.25) is 0 Å². The number of pyridine rings is 1. The number of aromatic nitrogens is 1. The zero-order valence-corrected chi connectivity index (χ0v) is 7.99. The molecule has 0 bridgehead atoms. The van der Waals surface area contributed by atoms with E-state index < -0.39 is 0 Å². The third-order valence-corrected chi connectivity index (χ3v) is 1.83. The van der Waals surface area contributed by atoms with Crippen molar-refractivity contribution >= 4 is 0 Å². The van der Waals surface area contributed by atoms with Gasteiger partial charge in [-0.05, 0) is 32.1 Å². The fraction of sp³-hybridized carbons (Fsp3) is 0.400. The Balaban J connectivity index is 2.71. The molecule has 0 saturated heterocycles. The van der Waals surface area contributed by atoms with E-state index in [1.54, 1.807) is 6.20 Å². The van der Waals surface area contributed by atoms with Crippen molar-refractivity contribution < 1.29 is 0 Å². The molecule has 0 amide bonds. The fourth-order valence-corrected chi connectivity index (χ4v) is 1.09. The summed E-state index contributed by atoms with van der Waals surface area (Å²) in [5, 5.41) is 8.76. The molecule has 3 nitrogen and oxygen atoms in total. The van der Waals surface area contributed by atoms with E-state index in [1.165, 1.54) is 0 Å². The molecule has 68 valence electrons. The summed E-state index contributed by atoms with van der Waals surface area (Å²) >= 11 is 0. The molecule has 0 atom stereocenters. The summed E-state index contributed by atoms with van der Waals surface area (Å²) in [7, 11) is 4.03. The van der Waals surface area contributed by atoms with Gasteiger partial charge < -0.3 is 4.90 Å². The molecule has 0 saturated carbocycles. The lowest BCUT2D eigenvalue weighted by Gasteiger charge is -2.09. The normalized spacial score (nSPS) is 10.0. The lowest BCUT2D eigenvalue weighted by Crippen LogP contribution is -2.15. The van der Waals surface area contributed by atoms with Gasteiger partial charge in [0.15, 0.2) is 0 Å². The van der Waals surface area contributed by atoms with Gasteiger partial charge in [-0.25, -0.2) is 4.98 Å². The fourth-order valence-electron chi connectivity index (χ4n) is 1.09. The standard InChI is InChI=1S/C10H13N3/c1-13(2)7-5-9-4-3-6-12-10(9)8-11/h3-4,6H,5,7H2,1-2H3. The predicted molar refractivity (Wildman–Crippen MR) is 51.2 cm³/mol. The Morgan fingerprint density at radius 1 is 1.54 bits per heavy atom. The van der Waals surface area contributed by atoms with Gasteiger partial charge in [-0.2, -0.15) is 5.26 Å². The van der Waals surface area contributed by atoms with Crippen LogP contribution in [0.15, 0.2) is 18.3 Å². The average molecular weight is 175 g/mol. The van der Waals surface area contributed by atoms with Crippen LogP contribution in [0.4, 0.5) is 0 Å². The van der Waals surface area contributed by atoms with E-state index >= 15 is 0 Å². The summed E-state index contributed by atoms with van der Waals surface area (Å²) in [4.78, 5) is 6.09. The minimum atomic E-state index is 0.546.